The first-order valence-electron chi connectivity index (χ1n) is 5.65. The largest absolute Gasteiger partial charge is 0.410 e. The lowest BCUT2D eigenvalue weighted by atomic mass is 9.97. The van der Waals surface area contributed by atoms with Crippen LogP contribution in [0.2, 0.25) is 0 Å². The van der Waals surface area contributed by atoms with E-state index >= 15 is 0 Å². The number of hydrogen-bond acceptors (Lipinski definition) is 3. The van der Waals surface area contributed by atoms with Crippen molar-refractivity contribution in [2.75, 3.05) is 0 Å². The van der Waals surface area contributed by atoms with Crippen LogP contribution in [0, 0.1) is 18.3 Å². The van der Waals surface area contributed by atoms with Gasteiger partial charge >= 0.3 is 0 Å². The quantitative estimate of drug-likeness (QED) is 0.479. The molecular weight excluding hydrogens is 260 g/mol. The second-order valence-electron chi connectivity index (χ2n) is 4.12. The summed E-state index contributed by atoms with van der Waals surface area (Å²) in [6.45, 7) is 1.99. The van der Waals surface area contributed by atoms with Gasteiger partial charge in [0.05, 0.1) is 10.6 Å². The summed E-state index contributed by atoms with van der Waals surface area (Å²) in [4.78, 5) is 0. The van der Waals surface area contributed by atoms with Gasteiger partial charge in [0.25, 0.3) is 0 Å². The van der Waals surface area contributed by atoms with Gasteiger partial charge in [0, 0.05) is 0 Å². The molecule has 0 aromatic heterocycles. The Hall–Kier alpha value is -2.31. The highest BCUT2D eigenvalue weighted by Crippen LogP contribution is 2.25. The fourth-order valence-corrected chi connectivity index (χ4v) is 1.98. The van der Waals surface area contributed by atoms with Gasteiger partial charge in [-0.3, -0.25) is 0 Å². The van der Waals surface area contributed by atoms with E-state index in [2.05, 4.69) is 11.2 Å². The minimum atomic E-state index is 0.284. The number of oxime groups is 1. The third-order valence-corrected chi connectivity index (χ3v) is 3.10. The highest BCUT2D eigenvalue weighted by molar-refractivity contribution is 6.46. The molecule has 0 atom stereocenters. The molecule has 0 bridgehead atoms. The number of nitrogens with zero attached hydrogens (tertiary/aromatic N) is 2. The Morgan fingerprint density at radius 2 is 1.95 bits per heavy atom. The Labute approximate surface area is 116 Å². The monoisotopic (exact) mass is 270 g/mol. The molecule has 1 aromatic carbocycles. The number of benzene rings is 1. The van der Waals surface area contributed by atoms with E-state index in [0.29, 0.717) is 16.2 Å². The van der Waals surface area contributed by atoms with Gasteiger partial charge in [-0.1, -0.05) is 52.7 Å². The average Bonchev–Trinajstić information content (AvgIpc) is 2.42. The van der Waals surface area contributed by atoms with Crippen LogP contribution in [0.1, 0.15) is 11.1 Å². The standard InChI is InChI=1S/C15H11ClN2O/c1-10-2-4-11(5-3-10)13(9-17)12-6-7-15(18-19)14(16)8-12/h2-8,19H,1H3. The molecule has 1 aromatic rings. The van der Waals surface area contributed by atoms with Crippen LogP contribution in [0.4, 0.5) is 0 Å². The van der Waals surface area contributed by atoms with Crippen molar-refractivity contribution in [1.29, 1.82) is 5.26 Å². The summed E-state index contributed by atoms with van der Waals surface area (Å²) >= 11 is 5.97. The first-order chi connectivity index (χ1) is 9.15. The lowest BCUT2D eigenvalue weighted by molar-refractivity contribution is 0.320. The van der Waals surface area contributed by atoms with E-state index in [9.17, 15) is 5.26 Å². The maximum absolute atomic E-state index is 9.32. The number of nitriles is 1. The summed E-state index contributed by atoms with van der Waals surface area (Å²) in [5, 5.41) is 21.4. The van der Waals surface area contributed by atoms with Crippen molar-refractivity contribution in [3.63, 3.8) is 0 Å². The summed E-state index contributed by atoms with van der Waals surface area (Å²) in [6.07, 6.45) is 4.90. The van der Waals surface area contributed by atoms with E-state index in [1.54, 1.807) is 18.2 Å². The van der Waals surface area contributed by atoms with Crippen molar-refractivity contribution in [2.24, 2.45) is 5.16 Å². The summed E-state index contributed by atoms with van der Waals surface area (Å²) in [5.74, 6) is 0. The van der Waals surface area contributed by atoms with Crippen LogP contribution in [0.3, 0.4) is 0 Å². The molecule has 0 saturated heterocycles. The van der Waals surface area contributed by atoms with Crippen molar-refractivity contribution in [3.8, 4) is 6.07 Å². The average molecular weight is 271 g/mol. The van der Waals surface area contributed by atoms with Gasteiger partial charge in [-0.25, -0.2) is 0 Å². The van der Waals surface area contributed by atoms with E-state index in [-0.39, 0.29) is 5.71 Å². The Balaban J connectivity index is 2.51. The molecule has 2 rings (SSSR count). The fraction of sp³-hybridized carbons (Fsp3) is 0.0667. The molecule has 0 aliphatic heterocycles. The maximum atomic E-state index is 9.32. The highest BCUT2D eigenvalue weighted by Gasteiger charge is 2.12. The normalized spacial score (nSPS) is 19.0. The second-order valence-corrected chi connectivity index (χ2v) is 4.53. The van der Waals surface area contributed by atoms with Crippen molar-refractivity contribution in [3.05, 3.63) is 64.2 Å². The summed E-state index contributed by atoms with van der Waals surface area (Å²) < 4.78 is 0. The van der Waals surface area contributed by atoms with Crippen LogP contribution in [0.5, 0.6) is 0 Å². The molecule has 19 heavy (non-hydrogen) atoms. The molecule has 1 N–H and O–H groups in total. The molecule has 0 spiro atoms. The first-order valence-corrected chi connectivity index (χ1v) is 6.02. The maximum Gasteiger partial charge on any atom is 0.121 e. The predicted molar refractivity (Wildman–Crippen MR) is 76.0 cm³/mol. The third kappa shape index (κ3) is 2.75. The molecule has 4 heteroatoms. The molecule has 94 valence electrons. The van der Waals surface area contributed by atoms with Crippen LogP contribution < -0.4 is 0 Å². The zero-order chi connectivity index (χ0) is 13.8. The van der Waals surface area contributed by atoms with E-state index in [0.717, 1.165) is 11.1 Å². The van der Waals surface area contributed by atoms with Crippen molar-refractivity contribution < 1.29 is 5.21 Å². The molecular formula is C15H11ClN2O. The molecule has 1 aliphatic carbocycles. The molecule has 1 aliphatic rings. The fourth-order valence-electron chi connectivity index (χ4n) is 1.76. The SMILES string of the molecule is Cc1ccc(C(C#N)=C2C=CC(=NO)C(Cl)=C2)cc1. The Kier molecular flexibility index (Phi) is 3.84. The molecule has 0 fully saturated rings. The topological polar surface area (TPSA) is 56.4 Å². The van der Waals surface area contributed by atoms with Gasteiger partial charge in [-0.15, -0.1) is 0 Å². The van der Waals surface area contributed by atoms with Gasteiger partial charge in [-0.05, 0) is 30.2 Å². The van der Waals surface area contributed by atoms with Crippen LogP contribution in [-0.4, -0.2) is 10.9 Å². The van der Waals surface area contributed by atoms with E-state index < -0.39 is 0 Å². The van der Waals surface area contributed by atoms with Gasteiger partial charge in [0.1, 0.15) is 11.8 Å². The molecule has 0 saturated carbocycles. The number of rotatable bonds is 1. The molecule has 0 heterocycles. The van der Waals surface area contributed by atoms with E-state index in [4.69, 9.17) is 16.8 Å². The van der Waals surface area contributed by atoms with E-state index in [1.165, 1.54) is 0 Å². The van der Waals surface area contributed by atoms with Crippen LogP contribution >= 0.6 is 11.6 Å². The molecule has 0 radical (unpaired) electrons. The Bertz CT molecular complexity index is 658. The number of hydrogen-bond donors (Lipinski definition) is 1. The van der Waals surface area contributed by atoms with Crippen LogP contribution in [0.15, 0.2) is 58.3 Å². The minimum absolute atomic E-state index is 0.284. The lowest BCUT2D eigenvalue weighted by Gasteiger charge is -2.08. The van der Waals surface area contributed by atoms with Crippen molar-refractivity contribution in [2.45, 2.75) is 6.92 Å². The van der Waals surface area contributed by atoms with E-state index in [1.807, 2.05) is 31.2 Å². The van der Waals surface area contributed by atoms with Gasteiger partial charge < -0.3 is 5.21 Å². The van der Waals surface area contributed by atoms with Crippen molar-refractivity contribution in [1.82, 2.24) is 0 Å². The molecule has 0 unspecified atom stereocenters. The second kappa shape index (κ2) is 5.55. The summed E-state index contributed by atoms with van der Waals surface area (Å²) in [5.41, 5.74) is 3.48. The predicted octanol–water partition coefficient (Wildman–Crippen LogP) is 3.79. The third-order valence-electron chi connectivity index (χ3n) is 2.80. The van der Waals surface area contributed by atoms with Crippen molar-refractivity contribution >= 4 is 22.9 Å². The van der Waals surface area contributed by atoms with Gasteiger partial charge in [0.2, 0.25) is 0 Å². The lowest BCUT2D eigenvalue weighted by Crippen LogP contribution is -2.00. The summed E-state index contributed by atoms with van der Waals surface area (Å²) in [7, 11) is 0. The molecule has 0 amide bonds. The zero-order valence-corrected chi connectivity index (χ0v) is 11.0. The Morgan fingerprint density at radius 1 is 1.26 bits per heavy atom. The van der Waals surface area contributed by atoms with Gasteiger partial charge in [0.15, 0.2) is 0 Å². The molecule has 3 nitrogen and oxygen atoms in total. The zero-order valence-electron chi connectivity index (χ0n) is 10.3. The minimum Gasteiger partial charge on any atom is -0.410 e. The number of aryl methyl sites for hydroxylation is 1. The van der Waals surface area contributed by atoms with Crippen LogP contribution in [-0.2, 0) is 0 Å². The van der Waals surface area contributed by atoms with Crippen LogP contribution in [0.25, 0.3) is 5.57 Å². The highest BCUT2D eigenvalue weighted by atomic mass is 35.5. The first kappa shape index (κ1) is 13.1. The number of allylic oxidation sites excluding steroid dienone is 6. The van der Waals surface area contributed by atoms with Gasteiger partial charge in [-0.2, -0.15) is 5.26 Å². The Morgan fingerprint density at radius 3 is 2.47 bits per heavy atom. The number of halogens is 1. The smallest absolute Gasteiger partial charge is 0.121 e. The summed E-state index contributed by atoms with van der Waals surface area (Å²) in [6, 6.07) is 9.87.